The number of benzene rings is 2. The fourth-order valence-electron chi connectivity index (χ4n) is 4.01. The largest absolute Gasteiger partial charge is 0.490 e. The molecule has 0 saturated carbocycles. The number of nitrogens with one attached hydrogen (secondary N) is 1. The van der Waals surface area contributed by atoms with Crippen LogP contribution in [-0.2, 0) is 4.79 Å². The number of amides is 1. The molecule has 2 aliphatic heterocycles. The Kier molecular flexibility index (Phi) is 6.26. The van der Waals surface area contributed by atoms with E-state index in [1.54, 1.807) is 0 Å². The summed E-state index contributed by atoms with van der Waals surface area (Å²) < 4.78 is 11.6. The molecule has 2 aliphatic rings. The van der Waals surface area contributed by atoms with E-state index < -0.39 is 0 Å². The molecule has 1 amide bonds. The van der Waals surface area contributed by atoms with Gasteiger partial charge in [-0.05, 0) is 55.2 Å². The van der Waals surface area contributed by atoms with E-state index in [-0.39, 0.29) is 18.0 Å². The number of nitrogens with zero attached hydrogens (tertiary/aromatic N) is 1. The summed E-state index contributed by atoms with van der Waals surface area (Å²) in [6, 6.07) is 14.0. The van der Waals surface area contributed by atoms with Crippen LogP contribution in [0.2, 0.25) is 5.02 Å². The van der Waals surface area contributed by atoms with Crippen LogP contribution >= 0.6 is 11.6 Å². The summed E-state index contributed by atoms with van der Waals surface area (Å²) in [6.45, 7) is 4.50. The minimum atomic E-state index is 0.0790. The van der Waals surface area contributed by atoms with Crippen LogP contribution < -0.4 is 14.8 Å². The highest BCUT2D eigenvalue weighted by Gasteiger charge is 2.30. The Morgan fingerprint density at radius 2 is 1.90 bits per heavy atom. The molecule has 0 spiro atoms. The molecule has 1 N–H and O–H groups in total. The molecule has 2 aromatic rings. The van der Waals surface area contributed by atoms with Gasteiger partial charge < -0.3 is 19.7 Å². The summed E-state index contributed by atoms with van der Waals surface area (Å²) in [4.78, 5) is 14.9. The average molecular weight is 415 g/mol. The van der Waals surface area contributed by atoms with Crippen molar-refractivity contribution in [1.29, 1.82) is 0 Å². The number of likely N-dealkylation sites (tertiary alicyclic amines) is 1. The highest BCUT2D eigenvalue weighted by molar-refractivity contribution is 6.30. The second-order valence-corrected chi connectivity index (χ2v) is 8.09. The van der Waals surface area contributed by atoms with Gasteiger partial charge in [-0.25, -0.2) is 0 Å². The van der Waals surface area contributed by atoms with Crippen LogP contribution in [0.1, 0.15) is 49.4 Å². The van der Waals surface area contributed by atoms with Crippen molar-refractivity contribution in [3.8, 4) is 11.5 Å². The molecule has 0 unspecified atom stereocenters. The topological polar surface area (TPSA) is 50.8 Å². The van der Waals surface area contributed by atoms with E-state index in [1.165, 1.54) is 0 Å². The van der Waals surface area contributed by atoms with Crippen LogP contribution in [0.15, 0.2) is 42.5 Å². The summed E-state index contributed by atoms with van der Waals surface area (Å²) in [7, 11) is 0. The summed E-state index contributed by atoms with van der Waals surface area (Å²) in [5.41, 5.74) is 2.23. The van der Waals surface area contributed by atoms with Crippen molar-refractivity contribution in [3.05, 3.63) is 58.6 Å². The van der Waals surface area contributed by atoms with Crippen LogP contribution in [0.25, 0.3) is 0 Å². The maximum Gasteiger partial charge on any atom is 0.237 e. The lowest BCUT2D eigenvalue weighted by Crippen LogP contribution is -2.38. The molecule has 154 valence electrons. The molecule has 5 nitrogen and oxygen atoms in total. The molecule has 2 heterocycles. The van der Waals surface area contributed by atoms with Gasteiger partial charge in [0.25, 0.3) is 0 Å². The molecule has 4 rings (SSSR count). The molecule has 0 radical (unpaired) electrons. The lowest BCUT2D eigenvalue weighted by molar-refractivity contribution is -0.131. The van der Waals surface area contributed by atoms with Crippen LogP contribution in [0, 0.1) is 0 Å². The first-order chi connectivity index (χ1) is 14.1. The Bertz CT molecular complexity index is 856. The third-order valence-electron chi connectivity index (χ3n) is 5.66. The van der Waals surface area contributed by atoms with Crippen LogP contribution in [0.4, 0.5) is 0 Å². The monoisotopic (exact) mass is 414 g/mol. The number of hydrogen-bond acceptors (Lipinski definition) is 4. The zero-order valence-electron chi connectivity index (χ0n) is 16.7. The van der Waals surface area contributed by atoms with Gasteiger partial charge in [0.05, 0.1) is 25.8 Å². The van der Waals surface area contributed by atoms with E-state index in [1.807, 2.05) is 41.3 Å². The quantitative estimate of drug-likeness (QED) is 0.781. The first-order valence-electron chi connectivity index (χ1n) is 10.3. The third-order valence-corrected chi connectivity index (χ3v) is 5.91. The molecule has 0 bridgehead atoms. The minimum Gasteiger partial charge on any atom is -0.490 e. The van der Waals surface area contributed by atoms with Gasteiger partial charge in [-0.3, -0.25) is 4.79 Å². The predicted octanol–water partition coefficient (Wildman–Crippen LogP) is 4.52. The number of fused-ring (bicyclic) bond motifs is 1. The number of carbonyl (C=O) groups excluding carboxylic acids is 1. The van der Waals surface area contributed by atoms with Gasteiger partial charge in [-0.2, -0.15) is 0 Å². The number of halogens is 1. The zero-order valence-corrected chi connectivity index (χ0v) is 17.5. The number of ether oxygens (including phenoxy) is 2. The van der Waals surface area contributed by atoms with E-state index in [0.717, 1.165) is 48.4 Å². The van der Waals surface area contributed by atoms with Crippen molar-refractivity contribution in [1.82, 2.24) is 10.2 Å². The molecule has 1 saturated heterocycles. The van der Waals surface area contributed by atoms with E-state index in [2.05, 4.69) is 18.3 Å². The van der Waals surface area contributed by atoms with E-state index in [9.17, 15) is 4.79 Å². The normalized spacial score (nSPS) is 19.7. The van der Waals surface area contributed by atoms with Gasteiger partial charge >= 0.3 is 0 Å². The molecule has 0 aromatic heterocycles. The Hall–Kier alpha value is -2.24. The summed E-state index contributed by atoms with van der Waals surface area (Å²) in [6.07, 6.45) is 2.87. The van der Waals surface area contributed by atoms with Crippen molar-refractivity contribution < 1.29 is 14.3 Å². The molecule has 6 heteroatoms. The van der Waals surface area contributed by atoms with E-state index >= 15 is 0 Å². The first kappa shape index (κ1) is 20.0. The highest BCUT2D eigenvalue weighted by Crippen LogP contribution is 2.37. The minimum absolute atomic E-state index is 0.0790. The van der Waals surface area contributed by atoms with Crippen LogP contribution in [-0.4, -0.2) is 37.1 Å². The number of carbonyl (C=O) groups is 1. The summed E-state index contributed by atoms with van der Waals surface area (Å²) in [5, 5.41) is 4.06. The van der Waals surface area contributed by atoms with Crippen molar-refractivity contribution in [2.75, 3.05) is 26.3 Å². The predicted molar refractivity (Wildman–Crippen MR) is 114 cm³/mol. The Morgan fingerprint density at radius 3 is 2.69 bits per heavy atom. The molecule has 2 atom stereocenters. The van der Waals surface area contributed by atoms with Crippen molar-refractivity contribution >= 4 is 17.5 Å². The Balaban J connectivity index is 1.40. The lowest BCUT2D eigenvalue weighted by atomic mass is 10.0. The van der Waals surface area contributed by atoms with Crippen molar-refractivity contribution in [3.63, 3.8) is 0 Å². The standard InChI is InChI=1S/C23H27ClN2O3/c1-16(17-5-8-19(24)9-6-17)25-15-23(27)26-11-2-4-20(26)18-7-10-21-22(14-18)29-13-3-12-28-21/h5-10,14,16,20,25H,2-4,11-13,15H2,1H3/t16-,20-/m1/s1. The van der Waals surface area contributed by atoms with Crippen molar-refractivity contribution in [2.24, 2.45) is 0 Å². The van der Waals surface area contributed by atoms with Crippen LogP contribution in [0.5, 0.6) is 11.5 Å². The van der Waals surface area contributed by atoms with Gasteiger partial charge in [-0.1, -0.05) is 29.8 Å². The Morgan fingerprint density at radius 1 is 1.14 bits per heavy atom. The number of hydrogen-bond donors (Lipinski definition) is 1. The van der Waals surface area contributed by atoms with Gasteiger partial charge in [0.2, 0.25) is 5.91 Å². The maximum atomic E-state index is 12.9. The molecule has 0 aliphatic carbocycles. The molecule has 29 heavy (non-hydrogen) atoms. The number of rotatable bonds is 5. The SMILES string of the molecule is C[C@@H](NCC(=O)N1CCC[C@@H]1c1ccc2c(c1)OCCCO2)c1ccc(Cl)cc1. The third kappa shape index (κ3) is 4.68. The first-order valence-corrected chi connectivity index (χ1v) is 10.7. The highest BCUT2D eigenvalue weighted by atomic mass is 35.5. The average Bonchev–Trinajstić information content (AvgIpc) is 3.11. The molecule has 1 fully saturated rings. The van der Waals surface area contributed by atoms with Gasteiger partial charge in [-0.15, -0.1) is 0 Å². The molecule has 2 aromatic carbocycles. The second kappa shape index (κ2) is 9.06. The summed E-state index contributed by atoms with van der Waals surface area (Å²) in [5.74, 6) is 1.70. The second-order valence-electron chi connectivity index (χ2n) is 7.66. The van der Waals surface area contributed by atoms with Crippen molar-refractivity contribution in [2.45, 2.75) is 38.3 Å². The zero-order chi connectivity index (χ0) is 20.2. The maximum absolute atomic E-state index is 12.9. The molecular formula is C23H27ClN2O3. The van der Waals surface area contributed by atoms with Gasteiger partial charge in [0.1, 0.15) is 0 Å². The fraction of sp³-hybridized carbons (Fsp3) is 0.435. The summed E-state index contributed by atoms with van der Waals surface area (Å²) >= 11 is 5.96. The van der Waals surface area contributed by atoms with E-state index in [4.69, 9.17) is 21.1 Å². The van der Waals surface area contributed by atoms with Crippen LogP contribution in [0.3, 0.4) is 0 Å². The molecular weight excluding hydrogens is 388 g/mol. The Labute approximate surface area is 176 Å². The van der Waals surface area contributed by atoms with Gasteiger partial charge in [0.15, 0.2) is 11.5 Å². The smallest absolute Gasteiger partial charge is 0.237 e. The lowest BCUT2D eigenvalue weighted by Gasteiger charge is -2.26. The van der Waals surface area contributed by atoms with Gasteiger partial charge in [0, 0.05) is 24.0 Å². The fourth-order valence-corrected chi connectivity index (χ4v) is 4.14. The van der Waals surface area contributed by atoms with E-state index in [0.29, 0.717) is 24.8 Å².